The second kappa shape index (κ2) is 12.2. The van der Waals surface area contributed by atoms with E-state index in [9.17, 15) is 5.11 Å². The Hall–Kier alpha value is -1.41. The molecule has 0 aliphatic heterocycles. The van der Waals surface area contributed by atoms with Crippen molar-refractivity contribution in [2.24, 2.45) is 4.99 Å². The molecule has 0 unspecified atom stereocenters. The summed E-state index contributed by atoms with van der Waals surface area (Å²) in [6, 6.07) is 25.4. The van der Waals surface area contributed by atoms with Crippen molar-refractivity contribution in [3.63, 3.8) is 0 Å². The van der Waals surface area contributed by atoms with Crippen LogP contribution >= 0.6 is 17.0 Å². The van der Waals surface area contributed by atoms with Crippen molar-refractivity contribution in [1.29, 1.82) is 0 Å². The number of halogens is 2. The van der Waals surface area contributed by atoms with Gasteiger partial charge < -0.3 is 5.11 Å². The third-order valence-corrected chi connectivity index (χ3v) is 6.27. The average Bonchev–Trinajstić information content (AvgIpc) is 3.34. The molecule has 0 heterocycles. The van der Waals surface area contributed by atoms with E-state index in [-0.39, 0.29) is 0 Å². The molecular weight excluding hydrogens is 516 g/mol. The zero-order valence-corrected chi connectivity index (χ0v) is 22.5. The number of hydrogen-bond acceptors (Lipinski definition) is 2. The van der Waals surface area contributed by atoms with Crippen LogP contribution in [0.1, 0.15) is 60.4 Å². The molecule has 0 saturated heterocycles. The van der Waals surface area contributed by atoms with E-state index in [1.54, 1.807) is 0 Å². The zero-order valence-electron chi connectivity index (χ0n) is 18.6. The van der Waals surface area contributed by atoms with Crippen LogP contribution in [0.25, 0.3) is 0 Å². The van der Waals surface area contributed by atoms with E-state index in [0.29, 0.717) is 11.8 Å². The minimum absolute atomic E-state index is 0.326. The van der Waals surface area contributed by atoms with Crippen molar-refractivity contribution in [3.8, 4) is 5.75 Å². The molecule has 2 nitrogen and oxygen atoms in total. The Bertz CT molecular complexity index is 979. The molecule has 0 atom stereocenters. The van der Waals surface area contributed by atoms with Gasteiger partial charge in [0.25, 0.3) is 0 Å². The molecule has 1 aliphatic rings. The fourth-order valence-corrected chi connectivity index (χ4v) is 4.55. The Morgan fingerprint density at radius 1 is 0.938 bits per heavy atom. The molecule has 0 bridgehead atoms. The summed E-state index contributed by atoms with van der Waals surface area (Å²) in [5.41, 5.74) is 4.71. The number of benzene rings is 3. The van der Waals surface area contributed by atoms with Gasteiger partial charge in [-0.1, -0.05) is 79.6 Å². The summed E-state index contributed by atoms with van der Waals surface area (Å²) in [5.74, 6) is 0.326. The first-order valence-corrected chi connectivity index (χ1v) is 17.3. The van der Waals surface area contributed by atoms with Crippen LogP contribution in [0.2, 0.25) is 0 Å². The second-order valence-corrected chi connectivity index (χ2v) is 12.1. The molecule has 0 spiro atoms. The summed E-state index contributed by atoms with van der Waals surface area (Å²) in [7, 11) is 9.87. The van der Waals surface area contributed by atoms with Gasteiger partial charge in [0.1, 0.15) is 5.75 Å². The Balaban J connectivity index is 0.000000913. The standard InChI is InChI=1S/C27H29NO.2ClH.Zr/c1-20-17-21(19-28-24-15-9-10-16-24)26(29)25(18-20)27(2,22-11-5-3-6-12-22)23-13-7-4-8-14-23;;;/h3-8,11-14,17-19,24,29H,9-10,15-16H2,1-2H3;2*1H;/q;;;+2/p-2. The third-order valence-electron chi connectivity index (χ3n) is 6.27. The zero-order chi connectivity index (χ0) is 23.0. The molecule has 4 rings (SSSR count). The topological polar surface area (TPSA) is 32.6 Å². The number of aryl methyl sites for hydroxylation is 1. The van der Waals surface area contributed by atoms with Gasteiger partial charge >= 0.3 is 37.9 Å². The molecule has 0 radical (unpaired) electrons. The van der Waals surface area contributed by atoms with E-state index in [0.717, 1.165) is 40.7 Å². The van der Waals surface area contributed by atoms with Gasteiger partial charge in [-0.25, -0.2) is 0 Å². The van der Waals surface area contributed by atoms with Gasteiger partial charge in [-0.2, -0.15) is 0 Å². The SMILES string of the molecule is Cc1cc(C=NC2CCCC2)c(O)c(C(C)(c2ccccc2)c2ccccc2)c1.[Cl][Zr][Cl]. The first kappa shape index (κ1) is 25.2. The van der Waals surface area contributed by atoms with Crippen LogP contribution in [-0.4, -0.2) is 17.4 Å². The second-order valence-electron chi connectivity index (χ2n) is 8.40. The predicted molar refractivity (Wildman–Crippen MR) is 133 cm³/mol. The molecule has 1 N–H and O–H groups in total. The Kier molecular flexibility index (Phi) is 9.59. The fourth-order valence-electron chi connectivity index (χ4n) is 4.55. The van der Waals surface area contributed by atoms with Crippen LogP contribution in [0.15, 0.2) is 77.8 Å². The molecule has 0 aromatic heterocycles. The molecule has 3 aromatic carbocycles. The maximum absolute atomic E-state index is 11.4. The van der Waals surface area contributed by atoms with Gasteiger partial charge in [0.05, 0.1) is 0 Å². The van der Waals surface area contributed by atoms with Crippen LogP contribution in [0.5, 0.6) is 5.75 Å². The first-order chi connectivity index (χ1) is 15.5. The van der Waals surface area contributed by atoms with Crippen molar-refractivity contribution in [3.05, 3.63) is 101 Å². The van der Waals surface area contributed by atoms with Crippen molar-refractivity contribution in [2.45, 2.75) is 51.0 Å². The van der Waals surface area contributed by atoms with Gasteiger partial charge in [0.15, 0.2) is 0 Å². The molecular formula is C27H29Cl2NOZr. The maximum atomic E-state index is 11.4. The summed E-state index contributed by atoms with van der Waals surface area (Å²) in [4.78, 5) is 4.78. The van der Waals surface area contributed by atoms with Gasteiger partial charge in [-0.15, -0.1) is 0 Å². The number of hydrogen-bond donors (Lipinski definition) is 1. The number of nitrogens with zero attached hydrogens (tertiary/aromatic N) is 1. The number of phenols is 1. The van der Waals surface area contributed by atoms with Crippen LogP contribution in [0.4, 0.5) is 0 Å². The summed E-state index contributed by atoms with van der Waals surface area (Å²) >= 11 is -0.826. The predicted octanol–water partition coefficient (Wildman–Crippen LogP) is 7.79. The number of rotatable bonds is 5. The molecule has 32 heavy (non-hydrogen) atoms. The van der Waals surface area contributed by atoms with Gasteiger partial charge in [-0.3, -0.25) is 4.99 Å². The minimum atomic E-state index is -0.826. The summed E-state index contributed by atoms with van der Waals surface area (Å²) in [6.07, 6.45) is 6.71. The summed E-state index contributed by atoms with van der Waals surface area (Å²) in [5, 5.41) is 11.4. The number of aliphatic imine (C=N–C) groups is 1. The van der Waals surface area contributed by atoms with Crippen molar-refractivity contribution < 1.29 is 26.0 Å². The monoisotopic (exact) mass is 543 g/mol. The van der Waals surface area contributed by atoms with Gasteiger partial charge in [0.2, 0.25) is 0 Å². The van der Waals surface area contributed by atoms with Crippen molar-refractivity contribution in [2.75, 3.05) is 0 Å². The third kappa shape index (κ3) is 5.93. The van der Waals surface area contributed by atoms with Crippen LogP contribution in [-0.2, 0) is 26.3 Å². The Morgan fingerprint density at radius 3 is 1.94 bits per heavy atom. The molecule has 5 heteroatoms. The average molecular weight is 546 g/mol. The summed E-state index contributed by atoms with van der Waals surface area (Å²) in [6.45, 7) is 4.29. The van der Waals surface area contributed by atoms with E-state index in [1.165, 1.54) is 12.8 Å². The Morgan fingerprint density at radius 2 is 1.44 bits per heavy atom. The van der Waals surface area contributed by atoms with E-state index in [4.69, 9.17) is 22.0 Å². The van der Waals surface area contributed by atoms with E-state index >= 15 is 0 Å². The summed E-state index contributed by atoms with van der Waals surface area (Å²) < 4.78 is 0. The van der Waals surface area contributed by atoms with E-state index < -0.39 is 26.3 Å². The Labute approximate surface area is 210 Å². The van der Waals surface area contributed by atoms with E-state index in [2.05, 4.69) is 68.4 Å². The number of phenolic OH excluding ortho intramolecular Hbond substituents is 1. The molecule has 1 fully saturated rings. The van der Waals surface area contributed by atoms with Crippen LogP contribution in [0, 0.1) is 6.92 Å². The van der Waals surface area contributed by atoms with Crippen molar-refractivity contribution >= 4 is 23.2 Å². The normalized spacial score (nSPS) is 14.2. The number of aromatic hydroxyl groups is 1. The molecule has 1 aliphatic carbocycles. The molecule has 0 amide bonds. The quantitative estimate of drug-likeness (QED) is 0.258. The molecule has 166 valence electrons. The van der Waals surface area contributed by atoms with Gasteiger partial charge in [-0.05, 0) is 49.4 Å². The first-order valence-electron chi connectivity index (χ1n) is 10.9. The van der Waals surface area contributed by atoms with Gasteiger partial charge in [0, 0.05) is 28.8 Å². The van der Waals surface area contributed by atoms with Crippen molar-refractivity contribution in [1.82, 2.24) is 0 Å². The molecule has 3 aromatic rings. The van der Waals surface area contributed by atoms with Crippen LogP contribution < -0.4 is 0 Å². The molecule has 1 saturated carbocycles. The van der Waals surface area contributed by atoms with E-state index in [1.807, 2.05) is 24.4 Å². The van der Waals surface area contributed by atoms with Crippen LogP contribution in [0.3, 0.4) is 0 Å². The fraction of sp³-hybridized carbons (Fsp3) is 0.296.